The van der Waals surface area contributed by atoms with E-state index in [1.807, 2.05) is 0 Å². The first-order valence-electron chi connectivity index (χ1n) is 12.9. The minimum atomic E-state index is -0.0658. The number of hydrogen-bond acceptors (Lipinski definition) is 2. The van der Waals surface area contributed by atoms with Crippen molar-refractivity contribution in [3.63, 3.8) is 0 Å². The summed E-state index contributed by atoms with van der Waals surface area (Å²) in [6, 6.07) is 0. The van der Waals surface area contributed by atoms with Crippen molar-refractivity contribution in [2.45, 2.75) is 98.3 Å². The van der Waals surface area contributed by atoms with Gasteiger partial charge >= 0.3 is 0 Å². The summed E-state index contributed by atoms with van der Waals surface area (Å²) in [6.07, 6.45) is 16.7. The third-order valence-electron chi connectivity index (χ3n) is 11.4. The fourth-order valence-electron chi connectivity index (χ4n) is 9.29. The number of aldehydes is 1. The Hall–Kier alpha value is -0.920. The van der Waals surface area contributed by atoms with Gasteiger partial charge in [-0.25, -0.2) is 0 Å². The predicted molar refractivity (Wildman–Crippen MR) is 121 cm³/mol. The normalized spacial score (nSPS) is 53.3. The summed E-state index contributed by atoms with van der Waals surface area (Å²) in [5.74, 6) is 3.97. The maximum Gasteiger partial charge on any atom is 0.136 e. The van der Waals surface area contributed by atoms with Crippen LogP contribution in [0.3, 0.4) is 0 Å². The van der Waals surface area contributed by atoms with E-state index in [0.717, 1.165) is 37.5 Å². The molecule has 5 aliphatic rings. The first-order chi connectivity index (χ1) is 14.2. The van der Waals surface area contributed by atoms with Gasteiger partial charge in [0.2, 0.25) is 0 Å². The quantitative estimate of drug-likeness (QED) is 0.353. The molecule has 166 valence electrons. The lowest BCUT2D eigenvalue weighted by molar-refractivity contribution is -0.131. The maximum absolute atomic E-state index is 12.5. The van der Waals surface area contributed by atoms with Crippen molar-refractivity contribution < 1.29 is 9.59 Å². The summed E-state index contributed by atoms with van der Waals surface area (Å²) in [7, 11) is 0. The first kappa shape index (κ1) is 21.0. The van der Waals surface area contributed by atoms with E-state index in [4.69, 9.17) is 0 Å². The van der Waals surface area contributed by atoms with Gasteiger partial charge in [0.1, 0.15) is 12.1 Å². The van der Waals surface area contributed by atoms with E-state index in [1.54, 1.807) is 5.57 Å². The molecule has 9 atom stereocenters. The van der Waals surface area contributed by atoms with Crippen molar-refractivity contribution in [2.24, 2.45) is 51.8 Å². The Morgan fingerprint density at radius 3 is 2.53 bits per heavy atom. The third kappa shape index (κ3) is 2.87. The molecule has 0 aromatic heterocycles. The van der Waals surface area contributed by atoms with E-state index in [9.17, 15) is 9.59 Å². The second-order valence-electron chi connectivity index (χ2n) is 12.8. The third-order valence-corrected chi connectivity index (χ3v) is 11.4. The molecule has 0 amide bonds. The van der Waals surface area contributed by atoms with E-state index in [-0.39, 0.29) is 11.3 Å². The summed E-state index contributed by atoms with van der Waals surface area (Å²) in [5.41, 5.74) is 2.30. The molecule has 0 aliphatic heterocycles. The Morgan fingerprint density at radius 2 is 1.77 bits per heavy atom. The number of Topliss-reactive ketones (excluding diaryl/α,β-unsaturated/α-hetero) is 1. The smallest absolute Gasteiger partial charge is 0.136 e. The average Bonchev–Trinajstić information content (AvgIpc) is 2.85. The Morgan fingerprint density at radius 1 is 1.00 bits per heavy atom. The van der Waals surface area contributed by atoms with Crippen LogP contribution in [-0.2, 0) is 9.59 Å². The second kappa shape index (κ2) is 7.04. The first-order valence-corrected chi connectivity index (χ1v) is 12.9. The fourth-order valence-corrected chi connectivity index (χ4v) is 9.29. The van der Waals surface area contributed by atoms with E-state index in [0.29, 0.717) is 34.4 Å². The van der Waals surface area contributed by atoms with Crippen LogP contribution in [-0.4, -0.2) is 12.1 Å². The van der Waals surface area contributed by atoms with Gasteiger partial charge in [0.25, 0.3) is 0 Å². The molecular formula is C28H42O2. The van der Waals surface area contributed by atoms with E-state index >= 15 is 0 Å². The number of rotatable bonds is 1. The molecule has 0 aromatic carbocycles. The molecule has 0 spiro atoms. The van der Waals surface area contributed by atoms with Gasteiger partial charge in [-0.05, 0) is 105 Å². The number of carbonyl (C=O) groups is 2. The van der Waals surface area contributed by atoms with Crippen LogP contribution >= 0.6 is 0 Å². The maximum atomic E-state index is 12.5. The SMILES string of the molecule is C[C@H]1CC[C@]2(C=O)CCC3C(=CCC4C[C@@]5(C)CCC(=O)[C@H](C)C5CC[C@]43C)C2C1. The minimum absolute atomic E-state index is 0.0658. The van der Waals surface area contributed by atoms with E-state index in [2.05, 4.69) is 33.8 Å². The topological polar surface area (TPSA) is 34.1 Å². The molecule has 2 nitrogen and oxygen atoms in total. The van der Waals surface area contributed by atoms with Crippen LogP contribution in [0.4, 0.5) is 0 Å². The predicted octanol–water partition coefficient (Wildman–Crippen LogP) is 6.78. The standard InChI is InChI=1S/C28H42O2/c1-18-7-13-28(17-29)14-9-23-21(24(28)15-18)6-5-20-16-26(3)11-10-25(30)19(2)22(26)8-12-27(20,23)4/h6,17-20,22-24H,5,7-16H2,1-4H3/t18-,19+,20?,22?,23?,24?,26+,27+,28+/m0/s1. The molecule has 5 rings (SSSR count). The monoisotopic (exact) mass is 410 g/mol. The molecule has 0 heterocycles. The molecule has 0 N–H and O–H groups in total. The number of hydrogen-bond donors (Lipinski definition) is 0. The highest BCUT2D eigenvalue weighted by Gasteiger charge is 2.58. The highest BCUT2D eigenvalue weighted by molar-refractivity contribution is 5.82. The van der Waals surface area contributed by atoms with Gasteiger partial charge < -0.3 is 4.79 Å². The molecule has 2 heteroatoms. The molecule has 4 saturated carbocycles. The second-order valence-corrected chi connectivity index (χ2v) is 12.8. The van der Waals surface area contributed by atoms with Crippen LogP contribution < -0.4 is 0 Å². The summed E-state index contributed by atoms with van der Waals surface area (Å²) in [4.78, 5) is 24.9. The van der Waals surface area contributed by atoms with Gasteiger partial charge in [-0.1, -0.05) is 39.3 Å². The fraction of sp³-hybridized carbons (Fsp3) is 0.857. The zero-order chi connectivity index (χ0) is 21.3. The van der Waals surface area contributed by atoms with Crippen molar-refractivity contribution in [2.75, 3.05) is 0 Å². The molecule has 4 fully saturated rings. The highest BCUT2D eigenvalue weighted by atomic mass is 16.1. The largest absolute Gasteiger partial charge is 0.303 e. The number of ketones is 1. The molecular weight excluding hydrogens is 368 g/mol. The van der Waals surface area contributed by atoms with Crippen LogP contribution in [0.25, 0.3) is 0 Å². The van der Waals surface area contributed by atoms with Crippen LogP contribution in [0.15, 0.2) is 11.6 Å². The van der Waals surface area contributed by atoms with Crippen molar-refractivity contribution in [3.8, 4) is 0 Å². The minimum Gasteiger partial charge on any atom is -0.303 e. The Kier molecular flexibility index (Phi) is 4.92. The van der Waals surface area contributed by atoms with Gasteiger partial charge in [0, 0.05) is 17.8 Å². The Labute approximate surface area is 183 Å². The lowest BCUT2D eigenvalue weighted by atomic mass is 9.47. The summed E-state index contributed by atoms with van der Waals surface area (Å²) < 4.78 is 0. The van der Waals surface area contributed by atoms with E-state index < -0.39 is 0 Å². The van der Waals surface area contributed by atoms with Crippen molar-refractivity contribution >= 4 is 12.1 Å². The van der Waals surface area contributed by atoms with Gasteiger partial charge in [0.05, 0.1) is 0 Å². The van der Waals surface area contributed by atoms with Crippen molar-refractivity contribution in [3.05, 3.63) is 11.6 Å². The average molecular weight is 411 g/mol. The van der Waals surface area contributed by atoms with Crippen LogP contribution in [0.1, 0.15) is 98.3 Å². The zero-order valence-electron chi connectivity index (χ0n) is 19.7. The van der Waals surface area contributed by atoms with Gasteiger partial charge in [-0.2, -0.15) is 0 Å². The number of allylic oxidation sites excluding steroid dienone is 2. The van der Waals surface area contributed by atoms with Crippen LogP contribution in [0.5, 0.6) is 0 Å². The Balaban J connectivity index is 1.49. The lowest BCUT2D eigenvalue weighted by Gasteiger charge is -2.57. The zero-order valence-corrected chi connectivity index (χ0v) is 19.7. The number of fused-ring (bicyclic) bond motifs is 6. The highest BCUT2D eigenvalue weighted by Crippen LogP contribution is 2.66. The molecule has 0 bridgehead atoms. The summed E-state index contributed by atoms with van der Waals surface area (Å²) in [6.45, 7) is 9.71. The van der Waals surface area contributed by atoms with E-state index in [1.165, 1.54) is 51.2 Å². The number of carbonyl (C=O) groups excluding carboxylic acids is 2. The summed E-state index contributed by atoms with van der Waals surface area (Å²) in [5, 5.41) is 0. The van der Waals surface area contributed by atoms with Gasteiger partial charge in [-0.15, -0.1) is 0 Å². The van der Waals surface area contributed by atoms with Crippen LogP contribution in [0.2, 0.25) is 0 Å². The van der Waals surface area contributed by atoms with Gasteiger partial charge in [-0.3, -0.25) is 4.79 Å². The Bertz CT molecular complexity index is 767. The molecule has 0 saturated heterocycles. The molecule has 5 aliphatic carbocycles. The molecule has 0 radical (unpaired) electrons. The lowest BCUT2D eigenvalue weighted by Crippen LogP contribution is -2.50. The molecule has 0 aromatic rings. The van der Waals surface area contributed by atoms with Crippen molar-refractivity contribution in [1.82, 2.24) is 0 Å². The molecule has 30 heavy (non-hydrogen) atoms. The summed E-state index contributed by atoms with van der Waals surface area (Å²) >= 11 is 0. The molecule has 4 unspecified atom stereocenters. The van der Waals surface area contributed by atoms with Crippen molar-refractivity contribution in [1.29, 1.82) is 0 Å². The van der Waals surface area contributed by atoms with Crippen LogP contribution in [0, 0.1) is 51.8 Å². The van der Waals surface area contributed by atoms with Gasteiger partial charge in [0.15, 0.2) is 0 Å².